The van der Waals surface area contributed by atoms with Gasteiger partial charge in [-0.3, -0.25) is 4.99 Å². The molecule has 0 saturated heterocycles. The first-order chi connectivity index (χ1) is 5.77. The second-order valence-electron chi connectivity index (χ2n) is 2.36. The van der Waals surface area contributed by atoms with Crippen LogP contribution >= 0.6 is 11.3 Å². The summed E-state index contributed by atoms with van der Waals surface area (Å²) in [7, 11) is 0. The summed E-state index contributed by atoms with van der Waals surface area (Å²) in [5, 5.41) is 0. The Balaban J connectivity index is 2.84. The van der Waals surface area contributed by atoms with E-state index in [-0.39, 0.29) is 0 Å². The highest BCUT2D eigenvalue weighted by molar-refractivity contribution is 7.14. The van der Waals surface area contributed by atoms with E-state index in [0.717, 1.165) is 22.0 Å². The molecule has 0 radical (unpaired) electrons. The number of nitrogens with zero attached hydrogens (tertiary/aromatic N) is 1. The molecule has 0 unspecified atom stereocenters. The van der Waals surface area contributed by atoms with Crippen LogP contribution in [0.25, 0.3) is 0 Å². The summed E-state index contributed by atoms with van der Waals surface area (Å²) in [6.07, 6.45) is 1.80. The lowest BCUT2D eigenvalue weighted by Gasteiger charge is -1.86. The van der Waals surface area contributed by atoms with Crippen LogP contribution in [0.3, 0.4) is 0 Å². The van der Waals surface area contributed by atoms with Crippen molar-refractivity contribution in [1.82, 2.24) is 0 Å². The van der Waals surface area contributed by atoms with E-state index in [1.165, 1.54) is 0 Å². The van der Waals surface area contributed by atoms with Crippen molar-refractivity contribution in [2.24, 2.45) is 10.7 Å². The number of aliphatic imine (C=N–C) groups is 1. The second-order valence-corrected chi connectivity index (χ2v) is 3.53. The molecule has 66 valence electrons. The van der Waals surface area contributed by atoms with E-state index in [2.05, 4.69) is 4.99 Å². The molecule has 0 aromatic carbocycles. The van der Waals surface area contributed by atoms with Crippen molar-refractivity contribution >= 4 is 23.2 Å². The Kier molecular flexibility index (Phi) is 3.25. The lowest BCUT2D eigenvalue weighted by molar-refractivity contribution is 1.11. The first kappa shape index (κ1) is 9.22. The minimum absolute atomic E-state index is 0.550. The van der Waals surface area contributed by atoms with Crippen molar-refractivity contribution in [2.45, 2.75) is 13.5 Å². The smallest absolute Gasteiger partial charge is 0.0681 e. The van der Waals surface area contributed by atoms with Crippen LogP contribution in [0.1, 0.15) is 16.7 Å². The molecule has 1 rings (SSSR count). The normalized spacial score (nSPS) is 11.2. The van der Waals surface area contributed by atoms with Gasteiger partial charge in [-0.15, -0.1) is 11.3 Å². The van der Waals surface area contributed by atoms with Gasteiger partial charge < -0.3 is 11.5 Å². The lowest BCUT2D eigenvalue weighted by Crippen LogP contribution is -1.91. The summed E-state index contributed by atoms with van der Waals surface area (Å²) >= 11 is 1.60. The largest absolute Gasteiger partial charge is 0.398 e. The van der Waals surface area contributed by atoms with Crippen LogP contribution < -0.4 is 11.5 Å². The van der Waals surface area contributed by atoms with Gasteiger partial charge in [0.05, 0.1) is 10.6 Å². The molecule has 1 aromatic rings. The van der Waals surface area contributed by atoms with Crippen LogP contribution in [0.5, 0.6) is 0 Å². The fraction of sp³-hybridized carbons (Fsp3) is 0.375. The van der Waals surface area contributed by atoms with Crippen molar-refractivity contribution in [2.75, 3.05) is 12.3 Å². The number of nitrogen functional groups attached to an aromatic ring is 1. The zero-order valence-electron chi connectivity index (χ0n) is 7.08. The summed E-state index contributed by atoms with van der Waals surface area (Å²) in [5.41, 5.74) is 12.0. The van der Waals surface area contributed by atoms with Gasteiger partial charge in [0.2, 0.25) is 0 Å². The molecule has 4 heteroatoms. The van der Waals surface area contributed by atoms with E-state index in [1.807, 2.05) is 13.0 Å². The van der Waals surface area contributed by atoms with Crippen molar-refractivity contribution in [3.05, 3.63) is 15.8 Å². The van der Waals surface area contributed by atoms with Crippen LogP contribution in [0.2, 0.25) is 0 Å². The number of nitrogens with two attached hydrogens (primary N) is 2. The van der Waals surface area contributed by atoms with E-state index in [0.29, 0.717) is 6.54 Å². The molecule has 12 heavy (non-hydrogen) atoms. The van der Waals surface area contributed by atoms with E-state index in [9.17, 15) is 0 Å². The van der Waals surface area contributed by atoms with Crippen LogP contribution in [-0.2, 0) is 6.54 Å². The zero-order valence-corrected chi connectivity index (χ0v) is 7.90. The third kappa shape index (κ3) is 2.06. The average molecular weight is 183 g/mol. The highest BCUT2D eigenvalue weighted by atomic mass is 32.1. The number of rotatable bonds is 3. The third-order valence-electron chi connectivity index (χ3n) is 1.43. The van der Waals surface area contributed by atoms with Crippen molar-refractivity contribution in [3.63, 3.8) is 0 Å². The Labute approximate surface area is 76.1 Å². The standard InChI is InChI=1S/C8H13N3S/c1-2-11-5-8-7(10)3-6(4-9)12-8/h3,5H,2,4,9-10H2,1H3. The molecule has 0 aliphatic carbocycles. The predicted molar refractivity (Wildman–Crippen MR) is 54.8 cm³/mol. The van der Waals surface area contributed by atoms with Crippen molar-refractivity contribution in [1.29, 1.82) is 0 Å². The molecule has 0 fully saturated rings. The van der Waals surface area contributed by atoms with Gasteiger partial charge in [-0.25, -0.2) is 0 Å². The van der Waals surface area contributed by atoms with Crippen LogP contribution in [0, 0.1) is 0 Å². The molecule has 0 bridgehead atoms. The van der Waals surface area contributed by atoms with Gasteiger partial charge in [0.1, 0.15) is 0 Å². The quantitative estimate of drug-likeness (QED) is 0.692. The molecule has 0 atom stereocenters. The average Bonchev–Trinajstić information content (AvgIpc) is 2.43. The molecular weight excluding hydrogens is 170 g/mol. The van der Waals surface area contributed by atoms with E-state index in [4.69, 9.17) is 11.5 Å². The van der Waals surface area contributed by atoms with Gasteiger partial charge in [-0.2, -0.15) is 0 Å². The summed E-state index contributed by atoms with van der Waals surface area (Å²) in [4.78, 5) is 6.23. The molecular formula is C8H13N3S. The highest BCUT2D eigenvalue weighted by Gasteiger charge is 2.01. The van der Waals surface area contributed by atoms with Gasteiger partial charge in [-0.05, 0) is 13.0 Å². The van der Waals surface area contributed by atoms with Gasteiger partial charge in [-0.1, -0.05) is 0 Å². The highest BCUT2D eigenvalue weighted by Crippen LogP contribution is 2.22. The number of hydrogen-bond donors (Lipinski definition) is 2. The minimum atomic E-state index is 0.550. The summed E-state index contributed by atoms with van der Waals surface area (Å²) in [5.74, 6) is 0. The van der Waals surface area contributed by atoms with E-state index >= 15 is 0 Å². The number of anilines is 1. The van der Waals surface area contributed by atoms with Crippen molar-refractivity contribution in [3.8, 4) is 0 Å². The first-order valence-corrected chi connectivity index (χ1v) is 4.67. The third-order valence-corrected chi connectivity index (χ3v) is 2.54. The Morgan fingerprint density at radius 1 is 1.67 bits per heavy atom. The lowest BCUT2D eigenvalue weighted by atomic mass is 10.4. The fourth-order valence-corrected chi connectivity index (χ4v) is 1.71. The summed E-state index contributed by atoms with van der Waals surface area (Å²) < 4.78 is 0. The van der Waals surface area contributed by atoms with Crippen LogP contribution in [-0.4, -0.2) is 12.8 Å². The van der Waals surface area contributed by atoms with Crippen molar-refractivity contribution < 1.29 is 0 Å². The summed E-state index contributed by atoms with van der Waals surface area (Å²) in [6, 6.07) is 1.90. The molecule has 0 aliphatic heterocycles. The molecule has 0 spiro atoms. The molecule has 1 aromatic heterocycles. The Morgan fingerprint density at radius 2 is 2.42 bits per heavy atom. The molecule has 3 nitrogen and oxygen atoms in total. The minimum Gasteiger partial charge on any atom is -0.398 e. The molecule has 1 heterocycles. The molecule has 0 aliphatic rings. The summed E-state index contributed by atoms with van der Waals surface area (Å²) in [6.45, 7) is 3.33. The van der Waals surface area contributed by atoms with Gasteiger partial charge in [0.25, 0.3) is 0 Å². The second kappa shape index (κ2) is 4.23. The first-order valence-electron chi connectivity index (χ1n) is 3.86. The van der Waals surface area contributed by atoms with E-state index in [1.54, 1.807) is 17.6 Å². The maximum atomic E-state index is 5.72. The van der Waals surface area contributed by atoms with Gasteiger partial charge in [0, 0.05) is 24.2 Å². The number of thiophene rings is 1. The number of hydrogen-bond acceptors (Lipinski definition) is 4. The monoisotopic (exact) mass is 183 g/mol. The maximum absolute atomic E-state index is 5.72. The SMILES string of the molecule is CCN=Cc1sc(CN)cc1N. The van der Waals surface area contributed by atoms with Crippen LogP contribution in [0.4, 0.5) is 5.69 Å². The topological polar surface area (TPSA) is 64.4 Å². The van der Waals surface area contributed by atoms with Crippen LogP contribution in [0.15, 0.2) is 11.1 Å². The maximum Gasteiger partial charge on any atom is 0.0681 e. The Hall–Kier alpha value is -0.870. The van der Waals surface area contributed by atoms with Gasteiger partial charge >= 0.3 is 0 Å². The predicted octanol–water partition coefficient (Wildman–Crippen LogP) is 1.23. The fourth-order valence-electron chi connectivity index (χ4n) is 0.850. The molecule has 0 saturated carbocycles. The van der Waals surface area contributed by atoms with E-state index < -0.39 is 0 Å². The molecule has 0 amide bonds. The Morgan fingerprint density at radius 3 is 2.92 bits per heavy atom. The zero-order chi connectivity index (χ0) is 8.97. The van der Waals surface area contributed by atoms with Gasteiger partial charge in [0.15, 0.2) is 0 Å². The Bertz CT molecular complexity index is 278. The molecule has 4 N–H and O–H groups in total.